The van der Waals surface area contributed by atoms with Gasteiger partial charge in [0.25, 0.3) is 0 Å². The monoisotopic (exact) mass is 584 g/mol. The fourth-order valence-electron chi connectivity index (χ4n) is 7.47. The van der Waals surface area contributed by atoms with Gasteiger partial charge in [-0.25, -0.2) is 0 Å². The maximum absolute atomic E-state index is 5.75. The van der Waals surface area contributed by atoms with Crippen LogP contribution in [0.2, 0.25) is 11.8 Å². The molecule has 3 fully saturated rings. The molecule has 0 spiro atoms. The smallest absolute Gasteiger partial charge is 0.0534 e. The zero-order valence-electron chi connectivity index (χ0n) is 23.1. The van der Waals surface area contributed by atoms with Crippen LogP contribution in [-0.2, 0) is 12.6 Å². The van der Waals surface area contributed by atoms with Gasteiger partial charge in [0.2, 0.25) is 0 Å². The summed E-state index contributed by atoms with van der Waals surface area (Å²) in [5, 5.41) is 0. The molecule has 3 aliphatic rings. The minimum Gasteiger partial charge on any atom is -0.786 e. The summed E-state index contributed by atoms with van der Waals surface area (Å²) in [6, 6.07) is 0. The van der Waals surface area contributed by atoms with E-state index in [2.05, 4.69) is 20.8 Å². The van der Waals surface area contributed by atoms with Crippen LogP contribution in [0.15, 0.2) is 0 Å². The molecule has 0 saturated heterocycles. The fourth-order valence-corrected chi connectivity index (χ4v) is 22.9. The largest absolute Gasteiger partial charge is 0.786 e. The van der Waals surface area contributed by atoms with Gasteiger partial charge in [-0.15, -0.1) is 0 Å². The molecule has 33 heavy (non-hydrogen) atoms. The maximum atomic E-state index is 5.75. The van der Waals surface area contributed by atoms with Crippen LogP contribution in [0.25, 0.3) is 0 Å². The van der Waals surface area contributed by atoms with E-state index in [4.69, 9.17) is 12.6 Å². The summed E-state index contributed by atoms with van der Waals surface area (Å²) in [5.41, 5.74) is 0. The quantitative estimate of drug-likeness (QED) is 0.125. The molecule has 0 heterocycles. The average Bonchev–Trinajstić information content (AvgIpc) is 2.85. The second-order valence-corrected chi connectivity index (χ2v) is 22.7. The predicted octanol–water partition coefficient (Wildman–Crippen LogP) is 11.3. The third-order valence-corrected chi connectivity index (χ3v) is 22.8. The summed E-state index contributed by atoms with van der Waals surface area (Å²) in [5.74, 6) is 0. The molecule has 0 amide bonds. The Bertz CT molecular complexity index is 397. The Labute approximate surface area is 222 Å². The molecule has 0 aromatic rings. The first-order valence-corrected chi connectivity index (χ1v) is 21.1. The van der Waals surface area contributed by atoms with E-state index in [-0.39, 0.29) is 4.75 Å². The first-order chi connectivity index (χ1) is 16.1. The molecular weight excluding hydrogens is 523 g/mol. The van der Waals surface area contributed by atoms with Crippen molar-refractivity contribution in [3.8, 4) is 0 Å². The minimum atomic E-state index is -1.15. The van der Waals surface area contributed by atoms with Gasteiger partial charge in [-0.1, -0.05) is 78.6 Å². The van der Waals surface area contributed by atoms with Crippen molar-refractivity contribution < 1.29 is 0 Å². The Morgan fingerprint density at radius 3 is 1.24 bits per heavy atom. The zero-order valence-corrected chi connectivity index (χ0v) is 26.8. The van der Waals surface area contributed by atoms with Gasteiger partial charge in [-0.2, -0.15) is 4.75 Å². The van der Waals surface area contributed by atoms with Crippen molar-refractivity contribution in [1.82, 2.24) is 0 Å². The second-order valence-electron chi connectivity index (χ2n) is 12.0. The molecule has 0 atom stereocenters. The summed E-state index contributed by atoms with van der Waals surface area (Å²) in [6.07, 6.45) is 35.9. The number of unbranched alkanes of at least 4 members (excludes halogenated alkanes) is 3. The van der Waals surface area contributed by atoms with Crippen LogP contribution in [0.3, 0.4) is 0 Å². The van der Waals surface area contributed by atoms with E-state index in [0.29, 0.717) is 0 Å². The first-order valence-electron chi connectivity index (χ1n) is 15.7. The van der Waals surface area contributed by atoms with E-state index in [1.54, 1.807) is 96.3 Å². The third-order valence-electron chi connectivity index (χ3n) is 9.13. The maximum Gasteiger partial charge on any atom is -0.0534 e. The van der Waals surface area contributed by atoms with Gasteiger partial charge in [0.15, 0.2) is 0 Å². The summed E-state index contributed by atoms with van der Waals surface area (Å²) in [7, 11) is 0. The molecule has 0 radical (unpaired) electrons. The number of hydrogen-bond acceptors (Lipinski definition) is 1. The molecule has 3 rings (SSSR count). The number of rotatable bonds is 12. The molecule has 0 aliphatic heterocycles. The van der Waals surface area contributed by atoms with Crippen molar-refractivity contribution in [1.29, 1.82) is 0 Å². The molecule has 3 saturated carbocycles. The molecule has 0 aromatic carbocycles. The van der Waals surface area contributed by atoms with Crippen molar-refractivity contribution in [2.24, 2.45) is 0 Å². The van der Waals surface area contributed by atoms with E-state index in [0.717, 1.165) is 0 Å². The van der Waals surface area contributed by atoms with Crippen LogP contribution < -0.4 is 0 Å². The van der Waals surface area contributed by atoms with Crippen molar-refractivity contribution in [2.75, 3.05) is 0 Å². The Balaban J connectivity index is 0.000000248. The Kier molecular flexibility index (Phi) is 16.9. The summed E-state index contributed by atoms with van der Waals surface area (Å²) < 4.78 is 4.20. The van der Waals surface area contributed by atoms with Gasteiger partial charge in [-0.05, 0) is 0 Å². The van der Waals surface area contributed by atoms with Crippen LogP contribution in [0.5, 0.6) is 0 Å². The van der Waals surface area contributed by atoms with E-state index in [9.17, 15) is 0 Å². The van der Waals surface area contributed by atoms with Gasteiger partial charge in [-0.3, -0.25) is 0 Å². The van der Waals surface area contributed by atoms with Crippen LogP contribution in [0.4, 0.5) is 0 Å². The van der Waals surface area contributed by atoms with Gasteiger partial charge in [0.1, 0.15) is 0 Å². The van der Waals surface area contributed by atoms with E-state index in [1.165, 1.54) is 69.6 Å². The van der Waals surface area contributed by atoms with E-state index < -0.39 is 19.8 Å². The fraction of sp³-hybridized carbons (Fsp3) is 1.00. The molecule has 194 valence electrons. The van der Waals surface area contributed by atoms with Crippen LogP contribution in [0.1, 0.15) is 175 Å². The number of hydrogen-bond donors (Lipinski definition) is 0. The SMILES string of the molecule is C1CC[CH]([Sn+]([CH]2CCCCC2)[CH]2CCCCC2)CC1.CCCCCCC([S-])(CCC)CCC. The van der Waals surface area contributed by atoms with E-state index >= 15 is 0 Å². The van der Waals surface area contributed by atoms with Gasteiger partial charge >= 0.3 is 128 Å². The first kappa shape index (κ1) is 30.4. The van der Waals surface area contributed by atoms with Gasteiger partial charge in [0, 0.05) is 0 Å². The third kappa shape index (κ3) is 11.8. The average molecular weight is 584 g/mol. The molecular formula is C31H60SSn. The summed E-state index contributed by atoms with van der Waals surface area (Å²) in [6.45, 7) is 6.77. The van der Waals surface area contributed by atoms with Crippen molar-refractivity contribution in [3.63, 3.8) is 0 Å². The Hall–Kier alpha value is 1.15. The molecule has 2 heteroatoms. The molecule has 0 N–H and O–H groups in total. The van der Waals surface area contributed by atoms with E-state index in [1.807, 2.05) is 0 Å². The predicted molar refractivity (Wildman–Crippen MR) is 155 cm³/mol. The topological polar surface area (TPSA) is 0 Å². The molecule has 0 nitrogen and oxygen atoms in total. The molecule has 0 bridgehead atoms. The Morgan fingerprint density at radius 2 is 0.909 bits per heavy atom. The van der Waals surface area contributed by atoms with Crippen LogP contribution in [-0.4, -0.2) is 24.5 Å². The standard InChI is InChI=1S/C13H28S.3C6H11.Sn/c1-4-7-8-9-12-13(14,10-5-2)11-6-3;3*1-2-4-6-5-3-1;/h14H,4-12H2,1-3H3;3*1H,2-6H2;/q;;;;+1/p-1. The molecule has 3 aliphatic carbocycles. The minimum absolute atomic E-state index is 0.233. The summed E-state index contributed by atoms with van der Waals surface area (Å²) >= 11 is 4.60. The van der Waals surface area contributed by atoms with Crippen LogP contribution in [0, 0.1) is 0 Å². The zero-order chi connectivity index (χ0) is 23.8. The normalized spacial score (nSPS) is 21.5. The van der Waals surface area contributed by atoms with Crippen molar-refractivity contribution in [2.45, 2.75) is 191 Å². The molecule has 0 unspecified atom stereocenters. The van der Waals surface area contributed by atoms with Crippen molar-refractivity contribution in [3.05, 3.63) is 0 Å². The van der Waals surface area contributed by atoms with Crippen molar-refractivity contribution >= 4 is 32.4 Å². The molecule has 0 aromatic heterocycles. The summed E-state index contributed by atoms with van der Waals surface area (Å²) in [4.78, 5) is 0. The van der Waals surface area contributed by atoms with Crippen LogP contribution >= 0.6 is 0 Å². The van der Waals surface area contributed by atoms with Gasteiger partial charge < -0.3 is 12.6 Å². The second kappa shape index (κ2) is 18.4. The van der Waals surface area contributed by atoms with Gasteiger partial charge in [0.05, 0.1) is 0 Å². The Morgan fingerprint density at radius 1 is 0.515 bits per heavy atom.